The minimum Gasteiger partial charge on any atom is -0.497 e. The number of halogens is 1. The third kappa shape index (κ3) is 3.37. The van der Waals surface area contributed by atoms with Gasteiger partial charge in [-0.25, -0.2) is 0 Å². The zero-order chi connectivity index (χ0) is 12.1. The van der Waals surface area contributed by atoms with Crippen LogP contribution in [0.4, 0.5) is 0 Å². The Morgan fingerprint density at radius 3 is 2.24 bits per heavy atom. The van der Waals surface area contributed by atoms with Gasteiger partial charge in [0, 0.05) is 15.6 Å². The molecule has 0 saturated heterocycles. The van der Waals surface area contributed by atoms with E-state index in [1.165, 1.54) is 0 Å². The summed E-state index contributed by atoms with van der Waals surface area (Å²) < 4.78 is 6.19. The van der Waals surface area contributed by atoms with E-state index in [0.29, 0.717) is 0 Å². The van der Waals surface area contributed by atoms with Gasteiger partial charge < -0.3 is 4.74 Å². The van der Waals surface area contributed by atoms with E-state index in [1.807, 2.05) is 48.5 Å². The van der Waals surface area contributed by atoms with Crippen LogP contribution in [0.25, 0.3) is 0 Å². The van der Waals surface area contributed by atoms with E-state index in [-0.39, 0.29) is 0 Å². The first kappa shape index (κ1) is 11.8. The third-order valence-electron chi connectivity index (χ3n) is 2.25. The van der Waals surface area contributed by atoms with E-state index < -0.39 is 0 Å². The van der Waals surface area contributed by atoms with Crippen molar-refractivity contribution >= 4 is 15.9 Å². The largest absolute Gasteiger partial charge is 0.497 e. The molecular formula is C15H11BrO. The van der Waals surface area contributed by atoms with Crippen molar-refractivity contribution in [3.63, 3.8) is 0 Å². The molecule has 0 unspecified atom stereocenters. The fourth-order valence-corrected chi connectivity index (χ4v) is 1.81. The van der Waals surface area contributed by atoms with Crippen molar-refractivity contribution in [1.29, 1.82) is 0 Å². The van der Waals surface area contributed by atoms with Crippen LogP contribution in [0, 0.1) is 11.8 Å². The summed E-state index contributed by atoms with van der Waals surface area (Å²) in [4.78, 5) is 0. The minimum atomic E-state index is 0.825. The molecule has 0 bridgehead atoms. The van der Waals surface area contributed by atoms with Crippen molar-refractivity contribution in [2.24, 2.45) is 0 Å². The molecule has 17 heavy (non-hydrogen) atoms. The van der Waals surface area contributed by atoms with E-state index in [0.717, 1.165) is 21.3 Å². The molecule has 1 nitrogen and oxygen atoms in total. The highest BCUT2D eigenvalue weighted by molar-refractivity contribution is 9.10. The number of hydrogen-bond acceptors (Lipinski definition) is 1. The standard InChI is InChI=1S/C15H11BrO/c1-17-15-7-3-5-13(11-15)9-8-12-4-2-6-14(16)10-12/h2-7,10-11H,1H3. The lowest BCUT2D eigenvalue weighted by Gasteiger charge is -1.98. The Bertz CT molecular complexity index is 579. The maximum atomic E-state index is 5.15. The van der Waals surface area contributed by atoms with Crippen LogP contribution in [0.15, 0.2) is 53.0 Å². The number of hydrogen-bond donors (Lipinski definition) is 0. The molecule has 0 radical (unpaired) electrons. The average molecular weight is 287 g/mol. The van der Waals surface area contributed by atoms with Crippen LogP contribution in [0.3, 0.4) is 0 Å². The van der Waals surface area contributed by atoms with Crippen LogP contribution in [0.5, 0.6) is 5.75 Å². The highest BCUT2D eigenvalue weighted by Crippen LogP contribution is 2.13. The van der Waals surface area contributed by atoms with Crippen LogP contribution >= 0.6 is 15.9 Å². The Morgan fingerprint density at radius 2 is 1.59 bits per heavy atom. The highest BCUT2D eigenvalue weighted by atomic mass is 79.9. The van der Waals surface area contributed by atoms with E-state index in [2.05, 4.69) is 27.8 Å². The van der Waals surface area contributed by atoms with Crippen LogP contribution in [-0.4, -0.2) is 7.11 Å². The summed E-state index contributed by atoms with van der Waals surface area (Å²) in [6.45, 7) is 0. The number of benzene rings is 2. The van der Waals surface area contributed by atoms with Crippen molar-refractivity contribution in [3.05, 3.63) is 64.1 Å². The second-order valence-electron chi connectivity index (χ2n) is 3.49. The molecule has 2 aromatic carbocycles. The van der Waals surface area contributed by atoms with Gasteiger partial charge in [0.15, 0.2) is 0 Å². The van der Waals surface area contributed by atoms with E-state index in [4.69, 9.17) is 4.74 Å². The smallest absolute Gasteiger partial charge is 0.120 e. The molecule has 0 saturated carbocycles. The average Bonchev–Trinajstić information content (AvgIpc) is 2.37. The molecule has 0 aromatic heterocycles. The third-order valence-corrected chi connectivity index (χ3v) is 2.74. The Kier molecular flexibility index (Phi) is 3.85. The van der Waals surface area contributed by atoms with Gasteiger partial charge in [-0.1, -0.05) is 39.9 Å². The van der Waals surface area contributed by atoms with Gasteiger partial charge in [-0.05, 0) is 36.4 Å². The second-order valence-corrected chi connectivity index (χ2v) is 4.41. The lowest BCUT2D eigenvalue weighted by molar-refractivity contribution is 0.414. The predicted octanol–water partition coefficient (Wildman–Crippen LogP) is 3.86. The summed E-state index contributed by atoms with van der Waals surface area (Å²) in [6.07, 6.45) is 0. The first-order valence-electron chi connectivity index (χ1n) is 5.19. The van der Waals surface area contributed by atoms with Crippen LogP contribution in [0.1, 0.15) is 11.1 Å². The highest BCUT2D eigenvalue weighted by Gasteiger charge is 1.92. The Balaban J connectivity index is 2.26. The maximum Gasteiger partial charge on any atom is 0.120 e. The fourth-order valence-electron chi connectivity index (χ4n) is 1.41. The predicted molar refractivity (Wildman–Crippen MR) is 73.1 cm³/mol. The molecule has 0 fully saturated rings. The number of ether oxygens (including phenoxy) is 1. The van der Waals surface area contributed by atoms with Crippen molar-refractivity contribution < 1.29 is 4.74 Å². The monoisotopic (exact) mass is 286 g/mol. The fraction of sp³-hybridized carbons (Fsp3) is 0.0667. The molecule has 0 N–H and O–H groups in total. The molecule has 0 heterocycles. The maximum absolute atomic E-state index is 5.15. The van der Waals surface area contributed by atoms with Gasteiger partial charge in [0.1, 0.15) is 5.75 Å². The van der Waals surface area contributed by atoms with Gasteiger partial charge in [0.2, 0.25) is 0 Å². The van der Waals surface area contributed by atoms with Gasteiger partial charge in [-0.15, -0.1) is 0 Å². The van der Waals surface area contributed by atoms with Crippen molar-refractivity contribution in [2.75, 3.05) is 7.11 Å². The topological polar surface area (TPSA) is 9.23 Å². The van der Waals surface area contributed by atoms with Crippen LogP contribution in [-0.2, 0) is 0 Å². The molecule has 0 amide bonds. The van der Waals surface area contributed by atoms with E-state index in [1.54, 1.807) is 7.11 Å². The van der Waals surface area contributed by atoms with Crippen LogP contribution in [0.2, 0.25) is 0 Å². The quantitative estimate of drug-likeness (QED) is 0.724. The molecule has 0 spiro atoms. The summed E-state index contributed by atoms with van der Waals surface area (Å²) in [5, 5.41) is 0. The summed E-state index contributed by atoms with van der Waals surface area (Å²) in [6, 6.07) is 15.7. The molecule has 0 atom stereocenters. The molecule has 0 aliphatic carbocycles. The van der Waals surface area contributed by atoms with Gasteiger partial charge in [-0.2, -0.15) is 0 Å². The normalized spacial score (nSPS) is 9.29. The minimum absolute atomic E-state index is 0.825. The lowest BCUT2D eigenvalue weighted by Crippen LogP contribution is -1.83. The SMILES string of the molecule is COc1cccc(C#Cc2cccc(Br)c2)c1. The van der Waals surface area contributed by atoms with E-state index >= 15 is 0 Å². The zero-order valence-electron chi connectivity index (χ0n) is 9.41. The number of methoxy groups -OCH3 is 1. The molecule has 0 aliphatic heterocycles. The molecule has 84 valence electrons. The van der Waals surface area contributed by atoms with Crippen molar-refractivity contribution in [2.45, 2.75) is 0 Å². The summed E-state index contributed by atoms with van der Waals surface area (Å²) in [5.74, 6) is 7.05. The Hall–Kier alpha value is -1.72. The van der Waals surface area contributed by atoms with Crippen molar-refractivity contribution in [1.82, 2.24) is 0 Å². The van der Waals surface area contributed by atoms with E-state index in [9.17, 15) is 0 Å². The Labute approximate surface area is 110 Å². The van der Waals surface area contributed by atoms with Crippen LogP contribution < -0.4 is 4.74 Å². The second kappa shape index (κ2) is 5.56. The zero-order valence-corrected chi connectivity index (χ0v) is 11.0. The van der Waals surface area contributed by atoms with Gasteiger partial charge in [0.05, 0.1) is 7.11 Å². The molecule has 2 aromatic rings. The molecule has 2 heteroatoms. The first-order chi connectivity index (χ1) is 8.28. The lowest BCUT2D eigenvalue weighted by atomic mass is 10.2. The molecule has 0 aliphatic rings. The summed E-state index contributed by atoms with van der Waals surface area (Å²) >= 11 is 3.42. The molecular weight excluding hydrogens is 276 g/mol. The summed E-state index contributed by atoms with van der Waals surface area (Å²) in [5.41, 5.74) is 1.94. The molecule has 2 rings (SSSR count). The van der Waals surface area contributed by atoms with Gasteiger partial charge in [0.25, 0.3) is 0 Å². The van der Waals surface area contributed by atoms with Crippen molar-refractivity contribution in [3.8, 4) is 17.6 Å². The first-order valence-corrected chi connectivity index (χ1v) is 5.99. The van der Waals surface area contributed by atoms with Gasteiger partial charge in [-0.3, -0.25) is 0 Å². The summed E-state index contributed by atoms with van der Waals surface area (Å²) in [7, 11) is 1.65. The Morgan fingerprint density at radius 1 is 0.941 bits per heavy atom. The van der Waals surface area contributed by atoms with Gasteiger partial charge >= 0.3 is 0 Å². The number of rotatable bonds is 1.